The lowest BCUT2D eigenvalue weighted by Gasteiger charge is -2.12. The summed E-state index contributed by atoms with van der Waals surface area (Å²) in [5.41, 5.74) is -1.85. The first kappa shape index (κ1) is 11.6. The van der Waals surface area contributed by atoms with Crippen LogP contribution in [0, 0.1) is 0 Å². The summed E-state index contributed by atoms with van der Waals surface area (Å²) in [6.45, 7) is 3.30. The van der Waals surface area contributed by atoms with Gasteiger partial charge in [-0.3, -0.25) is 4.79 Å². The smallest absolute Gasteiger partial charge is 0.431 e. The van der Waals surface area contributed by atoms with Crippen molar-refractivity contribution in [3.05, 3.63) is 28.0 Å². The van der Waals surface area contributed by atoms with Crippen LogP contribution in [0.4, 0.5) is 13.2 Å². The standard InChI is InChI=1S/C9H10F3NO2/c1-5(2)15-8-4-6(14)3-7(13-8)9(10,11)12/h3-5H,1-2H3,(H,13,14). The zero-order chi connectivity index (χ0) is 11.6. The predicted molar refractivity (Wildman–Crippen MR) is 47.8 cm³/mol. The Kier molecular flexibility index (Phi) is 3.06. The van der Waals surface area contributed by atoms with Crippen molar-refractivity contribution in [2.75, 3.05) is 0 Å². The van der Waals surface area contributed by atoms with Gasteiger partial charge in [0.05, 0.1) is 6.10 Å². The first-order valence-corrected chi connectivity index (χ1v) is 4.27. The molecule has 84 valence electrons. The van der Waals surface area contributed by atoms with E-state index in [9.17, 15) is 18.0 Å². The Bertz CT molecular complexity index is 395. The van der Waals surface area contributed by atoms with Crippen LogP contribution in [0.3, 0.4) is 0 Å². The van der Waals surface area contributed by atoms with Crippen LogP contribution in [-0.4, -0.2) is 11.1 Å². The Balaban J connectivity index is 3.11. The Labute approximate surface area is 83.9 Å². The van der Waals surface area contributed by atoms with Crippen LogP contribution in [-0.2, 0) is 6.18 Å². The van der Waals surface area contributed by atoms with E-state index in [-0.39, 0.29) is 12.0 Å². The molecule has 1 aromatic rings. The van der Waals surface area contributed by atoms with Gasteiger partial charge in [0.1, 0.15) is 5.69 Å². The maximum absolute atomic E-state index is 12.3. The summed E-state index contributed by atoms with van der Waals surface area (Å²) in [5, 5.41) is 0. The van der Waals surface area contributed by atoms with Crippen LogP contribution in [0.1, 0.15) is 19.5 Å². The quantitative estimate of drug-likeness (QED) is 0.831. The lowest BCUT2D eigenvalue weighted by Crippen LogP contribution is -2.16. The van der Waals surface area contributed by atoms with Crippen molar-refractivity contribution in [2.45, 2.75) is 26.1 Å². The van der Waals surface area contributed by atoms with Crippen LogP contribution in [0.2, 0.25) is 0 Å². The summed E-state index contributed by atoms with van der Waals surface area (Å²) in [4.78, 5) is 12.9. The van der Waals surface area contributed by atoms with Gasteiger partial charge >= 0.3 is 6.18 Å². The molecule has 0 unspecified atom stereocenters. The highest BCUT2D eigenvalue weighted by Crippen LogP contribution is 2.27. The van der Waals surface area contributed by atoms with Crippen molar-refractivity contribution >= 4 is 0 Å². The van der Waals surface area contributed by atoms with Crippen LogP contribution < -0.4 is 10.2 Å². The molecule has 1 N–H and O–H groups in total. The summed E-state index contributed by atoms with van der Waals surface area (Å²) in [6.07, 6.45) is -4.88. The lowest BCUT2D eigenvalue weighted by atomic mass is 10.3. The molecular formula is C9H10F3NO2. The van der Waals surface area contributed by atoms with Crippen molar-refractivity contribution in [1.82, 2.24) is 4.98 Å². The third-order valence-electron chi connectivity index (χ3n) is 1.49. The van der Waals surface area contributed by atoms with Gasteiger partial charge in [0.2, 0.25) is 0 Å². The minimum Gasteiger partial charge on any atom is -0.476 e. The summed E-state index contributed by atoms with van der Waals surface area (Å²) in [5.74, 6) is -0.176. The number of hydrogen-bond donors (Lipinski definition) is 1. The monoisotopic (exact) mass is 221 g/mol. The fraction of sp³-hybridized carbons (Fsp3) is 0.444. The predicted octanol–water partition coefficient (Wildman–Crippen LogP) is 2.18. The van der Waals surface area contributed by atoms with Crippen molar-refractivity contribution < 1.29 is 17.9 Å². The van der Waals surface area contributed by atoms with Crippen LogP contribution in [0.5, 0.6) is 5.88 Å². The highest BCUT2D eigenvalue weighted by Gasteiger charge is 2.32. The number of halogens is 3. The molecule has 6 heteroatoms. The highest BCUT2D eigenvalue weighted by molar-refractivity contribution is 5.18. The van der Waals surface area contributed by atoms with Crippen molar-refractivity contribution in [1.29, 1.82) is 0 Å². The van der Waals surface area contributed by atoms with Gasteiger partial charge < -0.3 is 9.72 Å². The summed E-state index contributed by atoms with van der Waals surface area (Å²) >= 11 is 0. The van der Waals surface area contributed by atoms with Gasteiger partial charge in [-0.05, 0) is 13.8 Å². The number of pyridine rings is 1. The van der Waals surface area contributed by atoms with Crippen LogP contribution in [0.15, 0.2) is 16.9 Å². The van der Waals surface area contributed by atoms with Gasteiger partial charge in [-0.25, -0.2) is 0 Å². The Morgan fingerprint density at radius 2 is 1.93 bits per heavy atom. The normalized spacial score (nSPS) is 11.9. The van der Waals surface area contributed by atoms with Gasteiger partial charge in [0, 0.05) is 12.1 Å². The zero-order valence-corrected chi connectivity index (χ0v) is 8.18. The molecule has 0 aromatic carbocycles. The first-order chi connectivity index (χ1) is 6.79. The molecule has 15 heavy (non-hydrogen) atoms. The first-order valence-electron chi connectivity index (χ1n) is 4.27. The summed E-state index contributed by atoms with van der Waals surface area (Å²) in [6, 6.07) is 1.47. The van der Waals surface area contributed by atoms with Gasteiger partial charge in [0.15, 0.2) is 11.3 Å². The van der Waals surface area contributed by atoms with E-state index in [1.165, 1.54) is 0 Å². The molecule has 0 amide bonds. The van der Waals surface area contributed by atoms with Crippen LogP contribution in [0.25, 0.3) is 0 Å². The topological polar surface area (TPSA) is 42.1 Å². The number of H-pyrrole nitrogens is 1. The largest absolute Gasteiger partial charge is 0.476 e. The molecule has 1 aromatic heterocycles. The second-order valence-corrected chi connectivity index (χ2v) is 3.26. The summed E-state index contributed by atoms with van der Waals surface area (Å²) < 4.78 is 41.8. The number of rotatable bonds is 2. The molecule has 0 atom stereocenters. The molecule has 0 bridgehead atoms. The van der Waals surface area contributed by atoms with Crippen molar-refractivity contribution in [3.8, 4) is 5.88 Å². The number of alkyl halides is 3. The summed E-state index contributed by atoms with van der Waals surface area (Å²) in [7, 11) is 0. The SMILES string of the molecule is CC(C)Oc1cc(=O)cc(C(F)(F)F)[nH]1. The Morgan fingerprint density at radius 1 is 1.33 bits per heavy atom. The molecule has 0 fully saturated rings. The molecule has 0 spiro atoms. The highest BCUT2D eigenvalue weighted by atomic mass is 19.4. The van der Waals surface area contributed by atoms with Gasteiger partial charge in [-0.1, -0.05) is 0 Å². The van der Waals surface area contributed by atoms with E-state index in [1.807, 2.05) is 4.98 Å². The average Bonchev–Trinajstić information content (AvgIpc) is 1.99. The minimum absolute atomic E-state index is 0.176. The van der Waals surface area contributed by atoms with Crippen LogP contribution >= 0.6 is 0 Å². The van der Waals surface area contributed by atoms with Crippen molar-refractivity contribution in [2.24, 2.45) is 0 Å². The van der Waals surface area contributed by atoms with E-state index in [0.29, 0.717) is 6.07 Å². The van der Waals surface area contributed by atoms with E-state index in [1.54, 1.807) is 13.8 Å². The average molecular weight is 221 g/mol. The van der Waals surface area contributed by atoms with E-state index in [0.717, 1.165) is 6.07 Å². The molecule has 0 saturated heterocycles. The number of nitrogens with one attached hydrogen (secondary N) is 1. The van der Waals surface area contributed by atoms with Crippen molar-refractivity contribution in [3.63, 3.8) is 0 Å². The maximum atomic E-state index is 12.3. The van der Waals surface area contributed by atoms with E-state index in [4.69, 9.17) is 4.74 Å². The van der Waals surface area contributed by atoms with E-state index < -0.39 is 17.3 Å². The number of aromatic nitrogens is 1. The lowest BCUT2D eigenvalue weighted by molar-refractivity contribution is -0.141. The molecule has 0 radical (unpaired) electrons. The van der Waals surface area contributed by atoms with E-state index in [2.05, 4.69) is 0 Å². The number of ether oxygens (including phenoxy) is 1. The maximum Gasteiger partial charge on any atom is 0.431 e. The number of aromatic amines is 1. The molecule has 0 saturated carbocycles. The third kappa shape index (κ3) is 3.30. The molecular weight excluding hydrogens is 211 g/mol. The molecule has 1 heterocycles. The van der Waals surface area contributed by atoms with Gasteiger partial charge in [0.25, 0.3) is 0 Å². The fourth-order valence-corrected chi connectivity index (χ4v) is 0.988. The number of hydrogen-bond acceptors (Lipinski definition) is 2. The van der Waals surface area contributed by atoms with Gasteiger partial charge in [-0.2, -0.15) is 13.2 Å². The second-order valence-electron chi connectivity index (χ2n) is 3.26. The molecule has 3 nitrogen and oxygen atoms in total. The Hall–Kier alpha value is -1.46. The molecule has 0 aliphatic rings. The molecule has 0 aliphatic carbocycles. The zero-order valence-electron chi connectivity index (χ0n) is 8.18. The molecule has 1 rings (SSSR count). The van der Waals surface area contributed by atoms with Gasteiger partial charge in [-0.15, -0.1) is 0 Å². The minimum atomic E-state index is -4.57. The third-order valence-corrected chi connectivity index (χ3v) is 1.49. The Morgan fingerprint density at radius 3 is 2.40 bits per heavy atom. The molecule has 0 aliphatic heterocycles. The van der Waals surface area contributed by atoms with E-state index >= 15 is 0 Å². The second kappa shape index (κ2) is 3.96. The fourth-order valence-electron chi connectivity index (χ4n) is 0.988.